The first-order valence-electron chi connectivity index (χ1n) is 4.17. The highest BCUT2D eigenvalue weighted by atomic mass is 32.2. The van der Waals surface area contributed by atoms with E-state index < -0.39 is 0 Å². The molecule has 1 atom stereocenters. The molecule has 1 aromatic rings. The van der Waals surface area contributed by atoms with Crippen molar-refractivity contribution in [1.29, 1.82) is 5.26 Å². The largest absolute Gasteiger partial charge is 0.454 e. The highest BCUT2D eigenvalue weighted by Gasteiger charge is 2.16. The van der Waals surface area contributed by atoms with Crippen LogP contribution in [0.4, 0.5) is 0 Å². The molecule has 1 heterocycles. The maximum atomic E-state index is 8.89. The van der Waals surface area contributed by atoms with Gasteiger partial charge in [0.1, 0.15) is 5.25 Å². The average Bonchev–Trinajstić information content (AvgIpc) is 2.66. The number of hydrogen-bond donors (Lipinski definition) is 0. The number of nitriles is 1. The summed E-state index contributed by atoms with van der Waals surface area (Å²) in [5, 5.41) is 8.75. The average molecular weight is 207 g/mol. The second-order valence-electron chi connectivity index (χ2n) is 2.86. The minimum Gasteiger partial charge on any atom is -0.454 e. The SMILES string of the molecule is CSC(C#N)c1ccc2c(c1)OCO2. The predicted octanol–water partition coefficient (Wildman–Crippen LogP) is 2.34. The summed E-state index contributed by atoms with van der Waals surface area (Å²) in [4.78, 5) is 0. The molecule has 0 amide bonds. The van der Waals surface area contributed by atoms with Crippen LogP contribution in [0.25, 0.3) is 0 Å². The summed E-state index contributed by atoms with van der Waals surface area (Å²) in [7, 11) is 0. The summed E-state index contributed by atoms with van der Waals surface area (Å²) in [5.41, 5.74) is 0.962. The molecular formula is C10H9NO2S. The smallest absolute Gasteiger partial charge is 0.231 e. The van der Waals surface area contributed by atoms with Gasteiger partial charge in [-0.3, -0.25) is 0 Å². The van der Waals surface area contributed by atoms with Crippen LogP contribution in [0.2, 0.25) is 0 Å². The molecule has 0 saturated heterocycles. The number of fused-ring (bicyclic) bond motifs is 1. The summed E-state index contributed by atoms with van der Waals surface area (Å²) >= 11 is 1.51. The number of rotatable bonds is 2. The lowest BCUT2D eigenvalue weighted by atomic mass is 10.1. The molecule has 1 unspecified atom stereocenters. The van der Waals surface area contributed by atoms with Crippen LogP contribution in [0.5, 0.6) is 11.5 Å². The summed E-state index contributed by atoms with van der Waals surface area (Å²) in [6.45, 7) is 0.273. The molecule has 0 spiro atoms. The minimum atomic E-state index is -0.135. The van der Waals surface area contributed by atoms with Crippen molar-refractivity contribution in [2.75, 3.05) is 13.0 Å². The molecule has 0 radical (unpaired) electrons. The van der Waals surface area contributed by atoms with Gasteiger partial charge in [-0.15, -0.1) is 11.8 Å². The second kappa shape index (κ2) is 3.81. The molecule has 0 bridgehead atoms. The van der Waals surface area contributed by atoms with Gasteiger partial charge in [-0.2, -0.15) is 5.26 Å². The van der Waals surface area contributed by atoms with E-state index in [1.807, 2.05) is 24.5 Å². The lowest BCUT2D eigenvalue weighted by molar-refractivity contribution is 0.174. The van der Waals surface area contributed by atoms with E-state index >= 15 is 0 Å². The number of nitrogens with zero attached hydrogens (tertiary/aromatic N) is 1. The van der Waals surface area contributed by atoms with E-state index in [1.165, 1.54) is 11.8 Å². The third-order valence-corrected chi connectivity index (χ3v) is 2.90. The number of ether oxygens (including phenoxy) is 2. The first-order chi connectivity index (χ1) is 6.85. The maximum Gasteiger partial charge on any atom is 0.231 e. The summed E-state index contributed by atoms with van der Waals surface area (Å²) in [6.07, 6.45) is 1.92. The predicted molar refractivity (Wildman–Crippen MR) is 54.4 cm³/mol. The fraction of sp³-hybridized carbons (Fsp3) is 0.300. The fourth-order valence-corrected chi connectivity index (χ4v) is 1.86. The van der Waals surface area contributed by atoms with Crippen molar-refractivity contribution in [3.63, 3.8) is 0 Å². The van der Waals surface area contributed by atoms with Crippen LogP contribution >= 0.6 is 11.8 Å². The molecule has 1 aliphatic rings. The quantitative estimate of drug-likeness (QED) is 0.746. The van der Waals surface area contributed by atoms with Crippen LogP contribution in [-0.4, -0.2) is 13.0 Å². The molecule has 0 aromatic heterocycles. The zero-order valence-corrected chi connectivity index (χ0v) is 8.50. The molecule has 3 nitrogen and oxygen atoms in total. The molecule has 1 aliphatic heterocycles. The van der Waals surface area contributed by atoms with Gasteiger partial charge in [0.15, 0.2) is 11.5 Å². The summed E-state index contributed by atoms with van der Waals surface area (Å²) < 4.78 is 10.4. The van der Waals surface area contributed by atoms with Crippen molar-refractivity contribution >= 4 is 11.8 Å². The van der Waals surface area contributed by atoms with E-state index in [-0.39, 0.29) is 12.0 Å². The Morgan fingerprint density at radius 3 is 2.93 bits per heavy atom. The van der Waals surface area contributed by atoms with Gasteiger partial charge in [0, 0.05) is 0 Å². The molecular weight excluding hydrogens is 198 g/mol. The third kappa shape index (κ3) is 1.51. The van der Waals surface area contributed by atoms with E-state index in [1.54, 1.807) is 0 Å². The van der Waals surface area contributed by atoms with Crippen LogP contribution in [0, 0.1) is 11.3 Å². The van der Waals surface area contributed by atoms with E-state index in [4.69, 9.17) is 14.7 Å². The maximum absolute atomic E-state index is 8.89. The van der Waals surface area contributed by atoms with Gasteiger partial charge in [0.05, 0.1) is 6.07 Å². The highest BCUT2D eigenvalue weighted by Crippen LogP contribution is 2.36. The lowest BCUT2D eigenvalue weighted by Crippen LogP contribution is -1.93. The first-order valence-corrected chi connectivity index (χ1v) is 5.46. The van der Waals surface area contributed by atoms with Gasteiger partial charge in [-0.1, -0.05) is 6.07 Å². The molecule has 72 valence electrons. The normalized spacial score (nSPS) is 14.9. The van der Waals surface area contributed by atoms with Gasteiger partial charge in [0.2, 0.25) is 6.79 Å². The van der Waals surface area contributed by atoms with Gasteiger partial charge in [-0.25, -0.2) is 0 Å². The molecule has 0 N–H and O–H groups in total. The Labute approximate surface area is 86.6 Å². The van der Waals surface area contributed by atoms with Crippen molar-refractivity contribution in [3.05, 3.63) is 23.8 Å². The Kier molecular flexibility index (Phi) is 2.51. The van der Waals surface area contributed by atoms with Crippen LogP contribution in [0.1, 0.15) is 10.8 Å². The van der Waals surface area contributed by atoms with Crippen LogP contribution in [0.15, 0.2) is 18.2 Å². The lowest BCUT2D eigenvalue weighted by Gasteiger charge is -2.06. The van der Waals surface area contributed by atoms with Crippen LogP contribution in [-0.2, 0) is 0 Å². The zero-order valence-electron chi connectivity index (χ0n) is 7.69. The van der Waals surface area contributed by atoms with Crippen molar-refractivity contribution in [2.24, 2.45) is 0 Å². The van der Waals surface area contributed by atoms with Crippen LogP contribution in [0.3, 0.4) is 0 Å². The Bertz CT molecular complexity index is 386. The Morgan fingerprint density at radius 1 is 1.43 bits per heavy atom. The van der Waals surface area contributed by atoms with Gasteiger partial charge < -0.3 is 9.47 Å². The van der Waals surface area contributed by atoms with Crippen LogP contribution < -0.4 is 9.47 Å². The topological polar surface area (TPSA) is 42.2 Å². The Morgan fingerprint density at radius 2 is 2.21 bits per heavy atom. The van der Waals surface area contributed by atoms with E-state index in [2.05, 4.69) is 6.07 Å². The summed E-state index contributed by atoms with van der Waals surface area (Å²) in [5.74, 6) is 1.49. The van der Waals surface area contributed by atoms with Crippen molar-refractivity contribution in [1.82, 2.24) is 0 Å². The summed E-state index contributed by atoms with van der Waals surface area (Å²) in [6, 6.07) is 7.84. The Balaban J connectivity index is 2.33. The monoisotopic (exact) mass is 207 g/mol. The van der Waals surface area contributed by atoms with Crippen molar-refractivity contribution < 1.29 is 9.47 Å². The molecule has 0 aliphatic carbocycles. The molecule has 4 heteroatoms. The fourth-order valence-electron chi connectivity index (χ4n) is 1.34. The standard InChI is InChI=1S/C10H9NO2S/c1-14-10(5-11)7-2-3-8-9(4-7)13-6-12-8/h2-4,10H,6H2,1H3. The van der Waals surface area contributed by atoms with Crippen molar-refractivity contribution in [2.45, 2.75) is 5.25 Å². The molecule has 14 heavy (non-hydrogen) atoms. The van der Waals surface area contributed by atoms with Crippen molar-refractivity contribution in [3.8, 4) is 17.6 Å². The molecule has 1 aromatic carbocycles. The van der Waals surface area contributed by atoms with Gasteiger partial charge in [-0.05, 0) is 24.0 Å². The molecule has 2 rings (SSSR count). The highest BCUT2D eigenvalue weighted by molar-refractivity contribution is 7.99. The van der Waals surface area contributed by atoms with E-state index in [9.17, 15) is 0 Å². The van der Waals surface area contributed by atoms with E-state index in [0.717, 1.165) is 17.1 Å². The third-order valence-electron chi connectivity index (χ3n) is 2.05. The number of benzene rings is 1. The Hall–Kier alpha value is -1.34. The minimum absolute atomic E-state index is 0.135. The zero-order chi connectivity index (χ0) is 9.97. The molecule has 0 fully saturated rings. The second-order valence-corrected chi connectivity index (χ2v) is 3.80. The van der Waals surface area contributed by atoms with E-state index in [0.29, 0.717) is 0 Å². The number of hydrogen-bond acceptors (Lipinski definition) is 4. The van der Waals surface area contributed by atoms with Gasteiger partial charge >= 0.3 is 0 Å². The first kappa shape index (κ1) is 9.22. The number of thioether (sulfide) groups is 1. The van der Waals surface area contributed by atoms with Gasteiger partial charge in [0.25, 0.3) is 0 Å². The molecule has 0 saturated carbocycles.